The maximum atomic E-state index is 12.2. The number of hydrogen-bond acceptors (Lipinski definition) is 5. The van der Waals surface area contributed by atoms with Gasteiger partial charge in [0.1, 0.15) is 5.60 Å². The van der Waals surface area contributed by atoms with Crippen LogP contribution in [0.3, 0.4) is 0 Å². The maximum Gasteiger partial charge on any atom is 0.410 e. The van der Waals surface area contributed by atoms with Crippen molar-refractivity contribution in [1.29, 1.82) is 0 Å². The average molecular weight is 311 g/mol. The number of likely N-dealkylation sites (tertiary alicyclic amines) is 2. The van der Waals surface area contributed by atoms with E-state index in [4.69, 9.17) is 4.74 Å². The largest absolute Gasteiger partial charge is 0.444 e. The van der Waals surface area contributed by atoms with E-state index >= 15 is 0 Å². The highest BCUT2D eigenvalue weighted by molar-refractivity contribution is 6.05. The molecule has 0 spiro atoms. The summed E-state index contributed by atoms with van der Waals surface area (Å²) in [7, 11) is 1.49. The van der Waals surface area contributed by atoms with Crippen molar-refractivity contribution in [2.45, 2.75) is 57.7 Å². The number of ether oxygens (including phenoxy) is 1. The number of carbonyl (C=O) groups is 3. The molecule has 2 saturated heterocycles. The Bertz CT molecular complexity index is 472. The van der Waals surface area contributed by atoms with Crippen LogP contribution in [0.5, 0.6) is 0 Å². The van der Waals surface area contributed by atoms with Gasteiger partial charge in [0, 0.05) is 26.2 Å². The van der Waals surface area contributed by atoms with E-state index in [2.05, 4.69) is 5.32 Å². The van der Waals surface area contributed by atoms with E-state index in [1.165, 1.54) is 7.05 Å². The third-order valence-electron chi connectivity index (χ3n) is 3.99. The number of rotatable bonds is 3. The summed E-state index contributed by atoms with van der Waals surface area (Å²) in [4.78, 5) is 38.4. The zero-order chi connectivity index (χ0) is 16.5. The van der Waals surface area contributed by atoms with Crippen molar-refractivity contribution in [3.8, 4) is 0 Å². The number of carbonyl (C=O) groups excluding carboxylic acids is 3. The Balaban J connectivity index is 1.88. The van der Waals surface area contributed by atoms with Gasteiger partial charge >= 0.3 is 6.09 Å². The number of amides is 3. The van der Waals surface area contributed by atoms with E-state index in [1.54, 1.807) is 4.90 Å². The van der Waals surface area contributed by atoms with Crippen LogP contribution in [0.15, 0.2) is 0 Å². The van der Waals surface area contributed by atoms with E-state index < -0.39 is 11.6 Å². The Morgan fingerprint density at radius 1 is 1.36 bits per heavy atom. The van der Waals surface area contributed by atoms with Crippen LogP contribution >= 0.6 is 0 Å². The molecule has 0 radical (unpaired) electrons. The molecule has 2 rings (SSSR count). The van der Waals surface area contributed by atoms with Crippen molar-refractivity contribution < 1.29 is 19.1 Å². The van der Waals surface area contributed by atoms with Gasteiger partial charge in [0.25, 0.3) is 0 Å². The van der Waals surface area contributed by atoms with Gasteiger partial charge in [0.2, 0.25) is 11.8 Å². The molecule has 3 amide bonds. The molecule has 22 heavy (non-hydrogen) atoms. The van der Waals surface area contributed by atoms with E-state index in [9.17, 15) is 14.4 Å². The predicted molar refractivity (Wildman–Crippen MR) is 80.1 cm³/mol. The normalized spacial score (nSPS) is 26.0. The minimum Gasteiger partial charge on any atom is -0.444 e. The fraction of sp³-hybridized carbons (Fsp3) is 0.800. The van der Waals surface area contributed by atoms with Crippen LogP contribution in [0, 0.1) is 0 Å². The molecule has 2 unspecified atom stereocenters. The van der Waals surface area contributed by atoms with Crippen molar-refractivity contribution in [3.05, 3.63) is 0 Å². The molecule has 0 aromatic rings. The van der Waals surface area contributed by atoms with Gasteiger partial charge in [0.05, 0.1) is 12.5 Å². The first-order chi connectivity index (χ1) is 10.2. The highest BCUT2D eigenvalue weighted by atomic mass is 16.6. The molecule has 0 aliphatic carbocycles. The van der Waals surface area contributed by atoms with Crippen LogP contribution in [0.1, 0.15) is 40.0 Å². The number of hydrogen-bond donors (Lipinski definition) is 1. The molecule has 7 nitrogen and oxygen atoms in total. The molecule has 0 saturated carbocycles. The van der Waals surface area contributed by atoms with Gasteiger partial charge in [-0.1, -0.05) is 0 Å². The second-order valence-electron chi connectivity index (χ2n) is 6.93. The molecule has 2 heterocycles. The molecule has 2 aliphatic heterocycles. The van der Waals surface area contributed by atoms with Gasteiger partial charge in [-0.15, -0.1) is 0 Å². The Morgan fingerprint density at radius 3 is 2.59 bits per heavy atom. The van der Waals surface area contributed by atoms with Gasteiger partial charge in [-0.3, -0.25) is 14.5 Å². The Morgan fingerprint density at radius 2 is 2.05 bits per heavy atom. The molecular formula is C15H25N3O4. The lowest BCUT2D eigenvalue weighted by Crippen LogP contribution is -2.47. The molecule has 124 valence electrons. The van der Waals surface area contributed by atoms with Crippen LogP contribution in [-0.4, -0.2) is 65.5 Å². The molecule has 1 N–H and O–H groups in total. The number of imide groups is 1. The SMILES string of the molecule is CN1C(=O)CC(NCC2CCCN2C(=O)OC(C)(C)C)C1=O. The second-order valence-corrected chi connectivity index (χ2v) is 6.93. The van der Waals surface area contributed by atoms with Gasteiger partial charge in [-0.25, -0.2) is 4.79 Å². The van der Waals surface area contributed by atoms with E-state index in [1.807, 2.05) is 20.8 Å². The lowest BCUT2D eigenvalue weighted by Gasteiger charge is -2.29. The third kappa shape index (κ3) is 3.76. The van der Waals surface area contributed by atoms with Crippen LogP contribution in [0.2, 0.25) is 0 Å². The second kappa shape index (κ2) is 6.24. The Kier molecular flexibility index (Phi) is 4.75. The van der Waals surface area contributed by atoms with E-state index in [0.717, 1.165) is 17.7 Å². The quantitative estimate of drug-likeness (QED) is 0.778. The summed E-state index contributed by atoms with van der Waals surface area (Å²) in [5, 5.41) is 3.12. The van der Waals surface area contributed by atoms with Crippen LogP contribution in [0.4, 0.5) is 4.79 Å². The van der Waals surface area contributed by atoms with Crippen LogP contribution < -0.4 is 5.32 Å². The first kappa shape index (κ1) is 16.7. The first-order valence-electron chi connectivity index (χ1n) is 7.72. The fourth-order valence-corrected chi connectivity index (χ4v) is 2.80. The molecule has 7 heteroatoms. The van der Waals surface area contributed by atoms with Crippen molar-refractivity contribution in [2.24, 2.45) is 0 Å². The summed E-state index contributed by atoms with van der Waals surface area (Å²) in [5.74, 6) is -0.371. The molecule has 2 aliphatic rings. The van der Waals surface area contributed by atoms with Gasteiger partial charge in [0.15, 0.2) is 0 Å². The molecular weight excluding hydrogens is 286 g/mol. The Hall–Kier alpha value is -1.63. The molecule has 2 atom stereocenters. The first-order valence-corrected chi connectivity index (χ1v) is 7.72. The number of likely N-dealkylation sites (N-methyl/N-ethyl adjacent to an activating group) is 1. The van der Waals surface area contributed by atoms with Crippen molar-refractivity contribution in [1.82, 2.24) is 15.1 Å². The zero-order valence-electron chi connectivity index (χ0n) is 13.7. The average Bonchev–Trinajstić information content (AvgIpc) is 2.95. The number of nitrogens with one attached hydrogen (secondary N) is 1. The summed E-state index contributed by atoms with van der Waals surface area (Å²) >= 11 is 0. The molecule has 2 fully saturated rings. The maximum absolute atomic E-state index is 12.2. The standard InChI is InChI=1S/C15H25N3O4/c1-15(2,3)22-14(21)18-7-5-6-10(18)9-16-11-8-12(19)17(4)13(11)20/h10-11,16H,5-9H2,1-4H3. The highest BCUT2D eigenvalue weighted by Gasteiger charge is 2.37. The smallest absolute Gasteiger partial charge is 0.410 e. The Labute approximate surface area is 131 Å². The third-order valence-corrected chi connectivity index (χ3v) is 3.99. The predicted octanol–water partition coefficient (Wildman–Crippen LogP) is 0.733. The van der Waals surface area contributed by atoms with E-state index in [-0.39, 0.29) is 30.4 Å². The summed E-state index contributed by atoms with van der Waals surface area (Å²) in [6.07, 6.45) is 1.66. The van der Waals surface area contributed by atoms with Gasteiger partial charge in [-0.05, 0) is 33.6 Å². The van der Waals surface area contributed by atoms with Crippen molar-refractivity contribution >= 4 is 17.9 Å². The summed E-state index contributed by atoms with van der Waals surface area (Å²) in [6.45, 7) is 6.68. The highest BCUT2D eigenvalue weighted by Crippen LogP contribution is 2.21. The van der Waals surface area contributed by atoms with Gasteiger partial charge < -0.3 is 15.0 Å². The monoisotopic (exact) mass is 311 g/mol. The lowest BCUT2D eigenvalue weighted by molar-refractivity contribution is -0.137. The lowest BCUT2D eigenvalue weighted by atomic mass is 10.2. The van der Waals surface area contributed by atoms with Crippen LogP contribution in [0.25, 0.3) is 0 Å². The van der Waals surface area contributed by atoms with Crippen LogP contribution in [-0.2, 0) is 14.3 Å². The number of nitrogens with zero attached hydrogens (tertiary/aromatic N) is 2. The zero-order valence-corrected chi connectivity index (χ0v) is 13.7. The fourth-order valence-electron chi connectivity index (χ4n) is 2.80. The molecule has 0 aromatic heterocycles. The molecule has 0 aromatic carbocycles. The van der Waals surface area contributed by atoms with Crippen molar-refractivity contribution in [3.63, 3.8) is 0 Å². The minimum atomic E-state index is -0.520. The molecule has 0 bridgehead atoms. The minimum absolute atomic E-state index is 0.00339. The summed E-state index contributed by atoms with van der Waals surface area (Å²) in [6, 6.07) is -0.470. The summed E-state index contributed by atoms with van der Waals surface area (Å²) in [5.41, 5.74) is -0.520. The summed E-state index contributed by atoms with van der Waals surface area (Å²) < 4.78 is 5.41. The topological polar surface area (TPSA) is 79.0 Å². The van der Waals surface area contributed by atoms with Gasteiger partial charge in [-0.2, -0.15) is 0 Å². The van der Waals surface area contributed by atoms with Crippen molar-refractivity contribution in [2.75, 3.05) is 20.1 Å². The van der Waals surface area contributed by atoms with E-state index in [0.29, 0.717) is 13.1 Å².